The molecule has 0 atom stereocenters. The fourth-order valence-electron chi connectivity index (χ4n) is 2.30. The number of nitrogens with zero attached hydrogens (tertiary/aromatic N) is 4. The van der Waals surface area contributed by atoms with E-state index >= 15 is 0 Å². The maximum absolute atomic E-state index is 12.4. The largest absolute Gasteiger partial charge is 0.343 e. The fourth-order valence-corrected chi connectivity index (χ4v) is 2.30. The van der Waals surface area contributed by atoms with Gasteiger partial charge < -0.3 is 4.57 Å². The topological polar surface area (TPSA) is 61.8 Å². The lowest BCUT2D eigenvalue weighted by Gasteiger charge is -2.25. The molecule has 0 radical (unpaired) electrons. The molecule has 0 saturated heterocycles. The van der Waals surface area contributed by atoms with Crippen LogP contribution in [0.1, 0.15) is 0 Å². The monoisotopic (exact) mass is 266 g/mol. The summed E-state index contributed by atoms with van der Waals surface area (Å²) in [6.45, 7) is 0. The third-order valence-electron chi connectivity index (χ3n) is 3.34. The second kappa shape index (κ2) is 4.27. The highest BCUT2D eigenvalue weighted by Crippen LogP contribution is 2.14. The van der Waals surface area contributed by atoms with E-state index in [2.05, 4.69) is 4.98 Å². The van der Waals surface area contributed by atoms with Crippen LogP contribution >= 0.6 is 0 Å². The maximum atomic E-state index is 12.4. The summed E-state index contributed by atoms with van der Waals surface area (Å²) in [6.07, 6.45) is 1.63. The number of aromatic nitrogens is 4. The second-order valence-corrected chi connectivity index (χ2v) is 7.11. The maximum Gasteiger partial charge on any atom is 0.330 e. The Labute approximate surface area is 122 Å². The van der Waals surface area contributed by atoms with Gasteiger partial charge in [-0.25, -0.2) is 9.78 Å². The number of imidazole rings is 1. The summed E-state index contributed by atoms with van der Waals surface area (Å²) in [4.78, 5) is 29.2. The zero-order valence-corrected chi connectivity index (χ0v) is 13.2. The third kappa shape index (κ3) is 2.11. The molecule has 2 aromatic rings. The zero-order valence-electron chi connectivity index (χ0n) is 13.2. The van der Waals surface area contributed by atoms with E-state index in [9.17, 15) is 9.59 Å². The average Bonchev–Trinajstić information content (AvgIpc) is 2.68. The summed E-state index contributed by atoms with van der Waals surface area (Å²) in [7, 11) is 13.3. The summed E-state index contributed by atoms with van der Waals surface area (Å²) in [5.41, 5.74) is 0.266. The highest BCUT2D eigenvalue weighted by molar-refractivity contribution is 6.57. The first-order valence-corrected chi connectivity index (χ1v) is 6.66. The Morgan fingerprint density at radius 2 is 1.60 bits per heavy atom. The predicted octanol–water partition coefficient (Wildman–Crippen LogP) is -7.17. The van der Waals surface area contributed by atoms with E-state index < -0.39 is 5.24 Å². The van der Waals surface area contributed by atoms with Gasteiger partial charge in [-0.05, 0) is 10.5 Å². The first-order valence-electron chi connectivity index (χ1n) is 6.66. The minimum absolute atomic E-state index is 0.277. The van der Waals surface area contributed by atoms with Crippen LogP contribution in [0.5, 0.6) is 0 Å². The molecule has 0 N–H and O–H groups in total. The van der Waals surface area contributed by atoms with Crippen molar-refractivity contribution in [3.05, 3.63) is 27.2 Å². The van der Waals surface area contributed by atoms with Crippen molar-refractivity contribution in [2.75, 3.05) is 0 Å². The summed E-state index contributed by atoms with van der Waals surface area (Å²) >= 11 is 0. The number of rotatable bonds is 2. The summed E-state index contributed by atoms with van der Waals surface area (Å²) in [5.74, 6) is 0. The first-order chi connectivity index (χ1) is 8.96. The molecule has 98 valence electrons. The molecular weight excluding hydrogens is 249 g/mol. The minimum Gasteiger partial charge on any atom is -0.343 e. The lowest BCUT2D eigenvalue weighted by Crippen LogP contribution is -2.50. The smallest absolute Gasteiger partial charge is 0.330 e. The van der Waals surface area contributed by atoms with Crippen molar-refractivity contribution in [3.63, 3.8) is 0 Å². The second-order valence-electron chi connectivity index (χ2n) is 7.11. The molecule has 0 aliphatic carbocycles. The van der Waals surface area contributed by atoms with Gasteiger partial charge in [0, 0.05) is 7.05 Å². The molecular formula is C8H16B6N4O2. The van der Waals surface area contributed by atoms with Crippen molar-refractivity contribution in [1.82, 2.24) is 18.7 Å². The number of hydrogen-bond acceptors (Lipinski definition) is 3. The van der Waals surface area contributed by atoms with Gasteiger partial charge in [-0.1, -0.05) is 0 Å². The number of hydrogen-bond donors (Lipinski definition) is 0. The Hall–Kier alpha value is -1.46. The molecule has 0 saturated carbocycles. The molecule has 0 aromatic carbocycles. The molecule has 0 amide bonds. The molecule has 0 unspecified atom stereocenters. The van der Waals surface area contributed by atoms with E-state index in [1.165, 1.54) is 7.05 Å². The van der Waals surface area contributed by atoms with Crippen LogP contribution in [0, 0.1) is 0 Å². The lowest BCUT2D eigenvalue weighted by molar-refractivity contribution is 0.655. The summed E-state index contributed by atoms with van der Waals surface area (Å²) in [5, 5.41) is -0.723. The summed E-state index contributed by atoms with van der Waals surface area (Å²) < 4.78 is 4.55. The molecule has 0 aliphatic rings. The Kier molecular flexibility index (Phi) is 3.19. The van der Waals surface area contributed by atoms with Crippen LogP contribution in [0.4, 0.5) is 0 Å². The molecule has 0 spiro atoms. The molecule has 20 heavy (non-hydrogen) atoms. The van der Waals surface area contributed by atoms with Gasteiger partial charge in [0.15, 0.2) is 11.2 Å². The third-order valence-corrected chi connectivity index (χ3v) is 3.34. The van der Waals surface area contributed by atoms with Crippen LogP contribution < -0.4 is 11.2 Å². The quantitative estimate of drug-likeness (QED) is 0.507. The van der Waals surface area contributed by atoms with Gasteiger partial charge in [-0.15, -0.1) is 0 Å². The summed E-state index contributed by atoms with van der Waals surface area (Å²) in [6, 6.07) is 0. The van der Waals surface area contributed by atoms with Crippen molar-refractivity contribution in [1.29, 1.82) is 0 Å². The molecule has 6 nitrogen and oxygen atoms in total. The van der Waals surface area contributed by atoms with Crippen LogP contribution in [-0.2, 0) is 17.5 Å². The van der Waals surface area contributed by atoms with Crippen LogP contribution in [0.15, 0.2) is 15.9 Å². The van der Waals surface area contributed by atoms with E-state index in [0.29, 0.717) is 11.2 Å². The predicted molar refractivity (Wildman–Crippen MR) is 96.4 cm³/mol. The van der Waals surface area contributed by atoms with Crippen LogP contribution in [0.25, 0.3) is 11.2 Å². The lowest BCUT2D eigenvalue weighted by atomic mass is 9.49. The molecule has 0 aliphatic heterocycles. The van der Waals surface area contributed by atoms with Gasteiger partial charge in [-0.3, -0.25) is 13.9 Å². The van der Waals surface area contributed by atoms with Gasteiger partial charge in [0.25, 0.3) is 5.56 Å². The zero-order chi connectivity index (χ0) is 15.5. The number of fused-ring (bicyclic) bond motifs is 1. The molecule has 0 fully saturated rings. The van der Waals surface area contributed by atoms with E-state index in [1.807, 2.05) is 51.6 Å². The highest BCUT2D eigenvalue weighted by atomic mass is 16.2. The van der Waals surface area contributed by atoms with Gasteiger partial charge in [0.05, 0.1) is 6.33 Å². The van der Waals surface area contributed by atoms with E-state index in [0.717, 1.165) is 4.57 Å². The SMILES string of the molecule is BC(B)(B)n1cnc2c1c(=O)n(C)c(=O)n2C(B)(B)B. The Balaban J connectivity index is 3.10. The van der Waals surface area contributed by atoms with Gasteiger partial charge >= 0.3 is 5.69 Å². The Morgan fingerprint density at radius 3 is 2.05 bits per heavy atom. The van der Waals surface area contributed by atoms with Crippen molar-refractivity contribution in [3.8, 4) is 0 Å². The van der Waals surface area contributed by atoms with Crippen molar-refractivity contribution in [2.24, 2.45) is 7.05 Å². The highest BCUT2D eigenvalue weighted by Gasteiger charge is 2.26. The fraction of sp³-hybridized carbons (Fsp3) is 0.375. The standard InChI is InChI=1S/C8H16B6N4O2/c1-16-5(19)3-4(15-2-17(3)7(9,10)11)18(6(16)20)8(12,13)14/h2H,9-14H2,1H3. The van der Waals surface area contributed by atoms with Crippen molar-refractivity contribution < 1.29 is 0 Å². The van der Waals surface area contributed by atoms with Gasteiger partial charge in [0.1, 0.15) is 47.1 Å². The van der Waals surface area contributed by atoms with E-state index in [1.54, 1.807) is 10.9 Å². The normalized spacial score (nSPS) is 12.8. The van der Waals surface area contributed by atoms with Crippen LogP contribution in [0.3, 0.4) is 0 Å². The average molecular weight is 265 g/mol. The molecule has 0 bridgehead atoms. The first kappa shape index (κ1) is 14.9. The van der Waals surface area contributed by atoms with Crippen molar-refractivity contribution >= 4 is 58.2 Å². The van der Waals surface area contributed by atoms with Crippen molar-refractivity contribution in [2.45, 2.75) is 10.5 Å². The Bertz CT molecular complexity index is 793. The van der Waals surface area contributed by atoms with E-state index in [-0.39, 0.29) is 16.5 Å². The molecule has 2 rings (SSSR count). The van der Waals surface area contributed by atoms with Gasteiger partial charge in [-0.2, -0.15) is 0 Å². The molecule has 2 heterocycles. The van der Waals surface area contributed by atoms with Crippen LogP contribution in [0.2, 0.25) is 0 Å². The van der Waals surface area contributed by atoms with E-state index in [4.69, 9.17) is 0 Å². The van der Waals surface area contributed by atoms with Crippen LogP contribution in [-0.4, -0.2) is 65.8 Å². The van der Waals surface area contributed by atoms with Gasteiger partial charge in [0.2, 0.25) is 0 Å². The minimum atomic E-state index is -0.447. The molecule has 12 heteroatoms. The molecule has 2 aromatic heterocycles. The Morgan fingerprint density at radius 1 is 1.05 bits per heavy atom.